The van der Waals surface area contributed by atoms with Gasteiger partial charge in [-0.05, 0) is 109 Å². The predicted octanol–water partition coefficient (Wildman–Crippen LogP) is 8.59. The Labute approximate surface area is 397 Å². The molecular weight excluding hydrogens is 911 g/mol. The normalized spacial score (nSPS) is 20.7. The highest BCUT2D eigenvalue weighted by atomic mass is 35.5. The largest absolute Gasteiger partial charge is 0.381 e. The first-order valence-corrected chi connectivity index (χ1v) is 27.4. The number of aromatic nitrogens is 2. The third kappa shape index (κ3) is 10.4. The number of carbonyl (C=O) groups excluding carboxylic acids is 1. The zero-order chi connectivity index (χ0) is 47.1. The molecule has 15 nitrogen and oxygen atoms in total. The van der Waals surface area contributed by atoms with Crippen LogP contribution in [0.15, 0.2) is 89.5 Å². The molecule has 1 atom stereocenters. The molecule has 0 radical (unpaired) electrons. The van der Waals surface area contributed by atoms with Crippen LogP contribution >= 0.6 is 19.1 Å². The van der Waals surface area contributed by atoms with E-state index in [0.717, 1.165) is 87.0 Å². The maximum absolute atomic E-state index is 14.5. The number of nitro benzene ring substituents is 1. The Morgan fingerprint density at radius 3 is 2.52 bits per heavy atom. The average Bonchev–Trinajstić information content (AvgIpc) is 3.73. The van der Waals surface area contributed by atoms with Gasteiger partial charge in [0.1, 0.15) is 17.0 Å². The minimum atomic E-state index is -4.59. The van der Waals surface area contributed by atoms with E-state index in [2.05, 4.69) is 50.8 Å². The third-order valence-electron chi connectivity index (χ3n) is 13.9. The van der Waals surface area contributed by atoms with Crippen LogP contribution in [0.3, 0.4) is 0 Å². The van der Waals surface area contributed by atoms with Gasteiger partial charge < -0.3 is 24.8 Å². The molecule has 2 aromatic heterocycles. The summed E-state index contributed by atoms with van der Waals surface area (Å²) >= 11 is 6.28. The van der Waals surface area contributed by atoms with Crippen molar-refractivity contribution in [2.24, 2.45) is 11.3 Å². The molecule has 9 rings (SSSR count). The summed E-state index contributed by atoms with van der Waals surface area (Å²) in [5, 5.41) is 16.9. The molecule has 18 heteroatoms. The number of amides is 1. The molecule has 3 aromatic carbocycles. The number of nitrogens with one attached hydrogen (secondary N) is 3. The Hall–Kier alpha value is -5.09. The van der Waals surface area contributed by atoms with E-state index in [1.807, 2.05) is 48.0 Å². The van der Waals surface area contributed by atoms with Crippen LogP contribution < -0.4 is 25.3 Å². The lowest BCUT2D eigenvalue weighted by Crippen LogP contribution is -2.47. The minimum Gasteiger partial charge on any atom is -0.381 e. The number of sulfonamides is 1. The van der Waals surface area contributed by atoms with Gasteiger partial charge in [-0.25, -0.2) is 18.0 Å². The van der Waals surface area contributed by atoms with Crippen molar-refractivity contribution in [3.63, 3.8) is 0 Å². The van der Waals surface area contributed by atoms with Crippen molar-refractivity contribution in [2.45, 2.75) is 57.3 Å². The Morgan fingerprint density at radius 2 is 1.78 bits per heavy atom. The summed E-state index contributed by atoms with van der Waals surface area (Å²) in [5.74, 6) is -0.624. The molecule has 354 valence electrons. The number of nitro groups is 1. The molecule has 0 spiro atoms. The van der Waals surface area contributed by atoms with Gasteiger partial charge in [-0.15, -0.1) is 0 Å². The molecule has 3 aliphatic heterocycles. The zero-order valence-corrected chi connectivity index (χ0v) is 40.7. The lowest BCUT2D eigenvalue weighted by molar-refractivity contribution is -0.384. The maximum atomic E-state index is 14.5. The number of piperazine rings is 1. The van der Waals surface area contributed by atoms with Crippen LogP contribution in [-0.2, 0) is 14.8 Å². The van der Waals surface area contributed by atoms with Gasteiger partial charge in [0, 0.05) is 93.8 Å². The molecule has 2 saturated heterocycles. The van der Waals surface area contributed by atoms with E-state index in [4.69, 9.17) is 21.3 Å². The number of hydrogen-bond donors (Lipinski definition) is 4. The third-order valence-corrected chi connectivity index (χ3v) is 17.9. The van der Waals surface area contributed by atoms with Crippen molar-refractivity contribution in [3.05, 3.63) is 111 Å². The van der Waals surface area contributed by atoms with Gasteiger partial charge in [0.15, 0.2) is 7.49 Å². The van der Waals surface area contributed by atoms with Crippen LogP contribution in [0.5, 0.6) is 0 Å². The molecule has 4 aliphatic rings. The summed E-state index contributed by atoms with van der Waals surface area (Å²) in [6.45, 7) is 12.7. The number of aromatic amines is 1. The van der Waals surface area contributed by atoms with E-state index in [1.54, 1.807) is 12.3 Å². The fraction of sp³-hybridized carbons (Fsp3) is 0.429. The number of nitrogens with zero attached hydrogens (tertiary/aromatic N) is 5. The lowest BCUT2D eigenvalue weighted by Gasteiger charge is -2.39. The first-order chi connectivity index (χ1) is 32.0. The number of carbonyl (C=O) groups is 1. The smallest absolute Gasteiger partial charge is 0.293 e. The van der Waals surface area contributed by atoms with E-state index in [0.29, 0.717) is 61.3 Å². The average molecular weight is 971 g/mol. The Kier molecular flexibility index (Phi) is 13.4. The molecule has 67 heavy (non-hydrogen) atoms. The van der Waals surface area contributed by atoms with E-state index in [-0.39, 0.29) is 22.6 Å². The van der Waals surface area contributed by atoms with Gasteiger partial charge >= 0.3 is 0 Å². The van der Waals surface area contributed by atoms with Crippen molar-refractivity contribution in [1.82, 2.24) is 19.6 Å². The molecule has 0 saturated carbocycles. The van der Waals surface area contributed by atoms with Gasteiger partial charge in [0.05, 0.1) is 33.9 Å². The van der Waals surface area contributed by atoms with Crippen LogP contribution in [0, 0.1) is 21.4 Å². The first-order valence-electron chi connectivity index (χ1n) is 23.1. The number of allylic oxidation sites excluding steroid dienone is 1. The maximum Gasteiger partial charge on any atom is 0.293 e. The van der Waals surface area contributed by atoms with Crippen molar-refractivity contribution < 1.29 is 27.8 Å². The number of fused-ring (bicyclic) bond motifs is 2. The standard InChI is InChI=1S/C49H58ClN8O7PS/c1-49(2)17-13-36(41(30-49)34-5-7-37(50)8-6-34)32-55-20-22-56(23-21-55)38-9-11-40(43(28-38)57-19-4-26-66(3,62)48-45(57)27-35-14-18-51-46(35)53-48)47(59)54-67(63,64)39-10-12-42(44(29-39)58(60)61)52-31-33-15-24-65-25-16-33/h5-12,14,18,27-29,33,52,62H,4,13,15-17,19-26,30-32H2,1-3H3,(H-,51,53,54,59)/p+1. The number of pyridine rings is 1. The van der Waals surface area contributed by atoms with Crippen LogP contribution in [0.1, 0.15) is 68.3 Å². The molecular formula is C49H59ClN8O7PS+. The van der Waals surface area contributed by atoms with E-state index in [1.165, 1.54) is 28.8 Å². The number of anilines is 4. The molecule has 2 fully saturated rings. The fourth-order valence-electron chi connectivity index (χ4n) is 9.98. The first kappa shape index (κ1) is 47.0. The van der Waals surface area contributed by atoms with Crippen molar-refractivity contribution in [1.29, 1.82) is 0 Å². The SMILES string of the molecule is CC1(C)CCC(CN2CCN(c3ccc(C(=O)NS(=O)(=O)c4ccc(NCC5CCOCC5)c([N+](=O)[O-])c4)c(N4CCC[P+](C)(O)c5nc6[nH]ccc6cc54)c3)CC2)=C(c2ccc(Cl)cc2)C1. The zero-order valence-electron chi connectivity index (χ0n) is 38.3. The van der Waals surface area contributed by atoms with E-state index < -0.39 is 38.9 Å². The predicted molar refractivity (Wildman–Crippen MR) is 268 cm³/mol. The van der Waals surface area contributed by atoms with Gasteiger partial charge in [-0.1, -0.05) is 43.2 Å². The molecule has 4 N–H and O–H groups in total. The number of ether oxygens (including phenoxy) is 1. The highest BCUT2D eigenvalue weighted by molar-refractivity contribution is 7.90. The summed E-state index contributed by atoms with van der Waals surface area (Å²) in [6, 6.07) is 21.1. The van der Waals surface area contributed by atoms with Gasteiger partial charge in [-0.3, -0.25) is 19.8 Å². The Bertz CT molecular complexity index is 2820. The van der Waals surface area contributed by atoms with Crippen molar-refractivity contribution in [3.8, 4) is 0 Å². The fourth-order valence-corrected chi connectivity index (χ4v) is 13.1. The van der Waals surface area contributed by atoms with E-state index in [9.17, 15) is 28.2 Å². The highest BCUT2D eigenvalue weighted by Gasteiger charge is 2.42. The van der Waals surface area contributed by atoms with Crippen molar-refractivity contribution in [2.75, 3.05) is 87.0 Å². The van der Waals surface area contributed by atoms with Gasteiger partial charge in [0.25, 0.3) is 21.6 Å². The summed E-state index contributed by atoms with van der Waals surface area (Å²) < 4.78 is 35.7. The van der Waals surface area contributed by atoms with Crippen LogP contribution in [0.4, 0.5) is 28.4 Å². The number of benzene rings is 3. The molecule has 5 aromatic rings. The molecule has 1 amide bonds. The number of H-pyrrole nitrogens is 1. The van der Waals surface area contributed by atoms with E-state index >= 15 is 0 Å². The summed E-state index contributed by atoms with van der Waals surface area (Å²) in [5.41, 5.74) is 7.40. The highest BCUT2D eigenvalue weighted by Crippen LogP contribution is 2.54. The molecule has 0 bridgehead atoms. The summed E-state index contributed by atoms with van der Waals surface area (Å²) in [6.07, 6.45) is 7.72. The van der Waals surface area contributed by atoms with Gasteiger partial charge in [-0.2, -0.15) is 4.98 Å². The Balaban J connectivity index is 1.01. The minimum absolute atomic E-state index is 0.0945. The number of rotatable bonds is 12. The number of halogens is 1. The second-order valence-corrected chi connectivity index (χ2v) is 24.6. The summed E-state index contributed by atoms with van der Waals surface area (Å²) in [4.78, 5) is 52.5. The van der Waals surface area contributed by atoms with Crippen molar-refractivity contribution >= 4 is 85.5 Å². The lowest BCUT2D eigenvalue weighted by atomic mass is 9.72. The van der Waals surface area contributed by atoms with Crippen LogP contribution in [-0.4, -0.2) is 111 Å². The molecule has 1 unspecified atom stereocenters. The summed E-state index contributed by atoms with van der Waals surface area (Å²) in [7, 11) is -7.30. The Morgan fingerprint density at radius 1 is 1.01 bits per heavy atom. The second kappa shape index (κ2) is 19.1. The second-order valence-electron chi connectivity index (χ2n) is 19.3. The van der Waals surface area contributed by atoms with Crippen LogP contribution in [0.25, 0.3) is 16.6 Å². The quantitative estimate of drug-likeness (QED) is 0.0531. The topological polar surface area (TPSA) is 186 Å². The molecule has 1 aliphatic carbocycles. The van der Waals surface area contributed by atoms with Gasteiger partial charge in [0.2, 0.25) is 5.44 Å². The molecule has 5 heterocycles. The van der Waals surface area contributed by atoms with Crippen LogP contribution in [0.2, 0.25) is 5.02 Å². The number of hydrogen-bond acceptors (Lipinski definition) is 12. The monoisotopic (exact) mass is 969 g/mol.